The Morgan fingerprint density at radius 1 is 1.33 bits per heavy atom. The molecule has 1 aromatic rings. The molecular weight excluding hydrogens is 282 g/mol. The third-order valence-corrected chi connectivity index (χ3v) is 4.23. The molecule has 0 saturated heterocycles. The monoisotopic (exact) mass is 293 g/mol. The van der Waals surface area contributed by atoms with E-state index in [1.165, 1.54) is 6.07 Å². The van der Waals surface area contributed by atoms with Crippen LogP contribution >= 0.6 is 15.9 Å². The van der Waals surface area contributed by atoms with E-state index < -0.39 is 10.0 Å². The first-order chi connectivity index (χ1) is 7.08. The normalized spacial score (nSPS) is 11.6. The molecule has 0 aliphatic heterocycles. The van der Waals surface area contributed by atoms with Crippen LogP contribution in [0.15, 0.2) is 33.6 Å². The molecule has 0 aliphatic rings. The summed E-state index contributed by atoms with van der Waals surface area (Å²) in [6.45, 7) is 0.207. The first kappa shape index (κ1) is 12.6. The smallest absolute Gasteiger partial charge is 0.241 e. The lowest BCUT2D eigenvalue weighted by Crippen LogP contribution is -2.25. The minimum Gasteiger partial charge on any atom is -0.396 e. The van der Waals surface area contributed by atoms with Crippen LogP contribution in [-0.4, -0.2) is 26.7 Å². The van der Waals surface area contributed by atoms with E-state index in [-0.39, 0.29) is 18.0 Å². The molecule has 0 heterocycles. The Balaban J connectivity index is 2.83. The van der Waals surface area contributed by atoms with Crippen LogP contribution in [0.4, 0.5) is 0 Å². The molecule has 0 unspecified atom stereocenters. The average Bonchev–Trinajstić information content (AvgIpc) is 2.18. The van der Waals surface area contributed by atoms with Gasteiger partial charge in [0.15, 0.2) is 0 Å². The van der Waals surface area contributed by atoms with E-state index in [1.54, 1.807) is 18.2 Å². The number of hydrogen-bond acceptors (Lipinski definition) is 3. The molecule has 0 aliphatic carbocycles. The van der Waals surface area contributed by atoms with Crippen molar-refractivity contribution in [3.8, 4) is 0 Å². The summed E-state index contributed by atoms with van der Waals surface area (Å²) >= 11 is 3.17. The molecule has 0 saturated carbocycles. The Morgan fingerprint density at radius 3 is 2.60 bits per heavy atom. The van der Waals surface area contributed by atoms with Crippen LogP contribution in [0.25, 0.3) is 0 Å². The predicted octanol–water partition coefficient (Wildman–Crippen LogP) is 1.11. The van der Waals surface area contributed by atoms with Gasteiger partial charge in [-0.1, -0.05) is 12.1 Å². The second-order valence-corrected chi connectivity index (χ2v) is 5.50. The van der Waals surface area contributed by atoms with Gasteiger partial charge in [0.25, 0.3) is 0 Å². The van der Waals surface area contributed by atoms with Crippen molar-refractivity contribution in [1.82, 2.24) is 4.72 Å². The number of halogens is 1. The zero-order valence-electron chi connectivity index (χ0n) is 7.98. The first-order valence-electron chi connectivity index (χ1n) is 4.43. The lowest BCUT2D eigenvalue weighted by Gasteiger charge is -2.07. The number of benzene rings is 1. The molecule has 6 heteroatoms. The maximum Gasteiger partial charge on any atom is 0.241 e. The number of aliphatic hydroxyl groups excluding tert-OH is 1. The maximum absolute atomic E-state index is 11.7. The minimum atomic E-state index is -3.47. The van der Waals surface area contributed by atoms with Gasteiger partial charge in [-0.15, -0.1) is 0 Å². The van der Waals surface area contributed by atoms with Crippen LogP contribution in [0.2, 0.25) is 0 Å². The van der Waals surface area contributed by atoms with Gasteiger partial charge < -0.3 is 5.11 Å². The molecule has 2 N–H and O–H groups in total. The fourth-order valence-electron chi connectivity index (χ4n) is 1.03. The molecule has 0 spiro atoms. The predicted molar refractivity (Wildman–Crippen MR) is 61.0 cm³/mol. The largest absolute Gasteiger partial charge is 0.396 e. The highest BCUT2D eigenvalue weighted by Crippen LogP contribution is 2.20. The van der Waals surface area contributed by atoms with E-state index in [1.807, 2.05) is 0 Å². The molecule has 0 amide bonds. The van der Waals surface area contributed by atoms with Crippen molar-refractivity contribution in [1.29, 1.82) is 0 Å². The van der Waals surface area contributed by atoms with Gasteiger partial charge >= 0.3 is 0 Å². The summed E-state index contributed by atoms with van der Waals surface area (Å²) in [6, 6.07) is 6.59. The molecule has 0 aromatic heterocycles. The Labute approximate surface area is 97.5 Å². The van der Waals surface area contributed by atoms with Crippen molar-refractivity contribution in [3.05, 3.63) is 28.7 Å². The van der Waals surface area contributed by atoms with E-state index in [4.69, 9.17) is 5.11 Å². The molecular formula is C9H12BrNO3S. The Bertz CT molecular complexity index is 419. The molecule has 15 heavy (non-hydrogen) atoms. The van der Waals surface area contributed by atoms with Crippen LogP contribution in [0.1, 0.15) is 6.42 Å². The third kappa shape index (κ3) is 3.57. The standard InChI is InChI=1S/C9H12BrNO3S/c10-8-4-1-2-5-9(8)15(13,14)11-6-3-7-12/h1-2,4-5,11-12H,3,6-7H2. The molecule has 0 atom stereocenters. The van der Waals surface area contributed by atoms with Crippen molar-refractivity contribution in [2.24, 2.45) is 0 Å². The first-order valence-corrected chi connectivity index (χ1v) is 6.70. The van der Waals surface area contributed by atoms with Gasteiger partial charge in [0, 0.05) is 17.6 Å². The molecule has 84 valence electrons. The van der Waals surface area contributed by atoms with Crippen molar-refractivity contribution in [2.45, 2.75) is 11.3 Å². The van der Waals surface area contributed by atoms with E-state index >= 15 is 0 Å². The van der Waals surface area contributed by atoms with Gasteiger partial charge in [-0.25, -0.2) is 13.1 Å². The maximum atomic E-state index is 11.7. The number of rotatable bonds is 5. The van der Waals surface area contributed by atoms with Gasteiger partial charge in [0.2, 0.25) is 10.0 Å². The van der Waals surface area contributed by atoms with Crippen LogP contribution in [0.5, 0.6) is 0 Å². The fraction of sp³-hybridized carbons (Fsp3) is 0.333. The second-order valence-electron chi connectivity index (χ2n) is 2.91. The lowest BCUT2D eigenvalue weighted by molar-refractivity contribution is 0.289. The SMILES string of the molecule is O=S(=O)(NCCCO)c1ccccc1Br. The van der Waals surface area contributed by atoms with Gasteiger partial charge in [-0.2, -0.15) is 0 Å². The van der Waals surface area contributed by atoms with Crippen molar-refractivity contribution < 1.29 is 13.5 Å². The number of hydrogen-bond donors (Lipinski definition) is 2. The van der Waals surface area contributed by atoms with Crippen LogP contribution < -0.4 is 4.72 Å². The van der Waals surface area contributed by atoms with E-state index in [2.05, 4.69) is 20.7 Å². The lowest BCUT2D eigenvalue weighted by atomic mass is 10.4. The highest BCUT2D eigenvalue weighted by molar-refractivity contribution is 9.10. The zero-order chi connectivity index (χ0) is 11.3. The average molecular weight is 294 g/mol. The van der Waals surface area contributed by atoms with E-state index in [0.29, 0.717) is 10.9 Å². The summed E-state index contributed by atoms with van der Waals surface area (Å²) in [5, 5.41) is 8.54. The summed E-state index contributed by atoms with van der Waals surface area (Å²) in [5.41, 5.74) is 0. The van der Waals surface area contributed by atoms with E-state index in [9.17, 15) is 8.42 Å². The topological polar surface area (TPSA) is 66.4 Å². The van der Waals surface area contributed by atoms with Gasteiger partial charge in [0.05, 0.1) is 4.90 Å². The van der Waals surface area contributed by atoms with Crippen molar-refractivity contribution in [2.75, 3.05) is 13.2 Å². The highest BCUT2D eigenvalue weighted by Gasteiger charge is 2.15. The van der Waals surface area contributed by atoms with E-state index in [0.717, 1.165) is 0 Å². The van der Waals surface area contributed by atoms with Gasteiger partial charge in [-0.3, -0.25) is 0 Å². The molecule has 1 rings (SSSR count). The zero-order valence-corrected chi connectivity index (χ0v) is 10.4. The summed E-state index contributed by atoms with van der Waals surface area (Å²) in [6.07, 6.45) is 0.406. The Hall–Kier alpha value is -0.430. The van der Waals surface area contributed by atoms with Gasteiger partial charge in [-0.05, 0) is 34.5 Å². The quantitative estimate of drug-likeness (QED) is 0.799. The van der Waals surface area contributed by atoms with Crippen LogP contribution in [0, 0.1) is 0 Å². The number of sulfonamides is 1. The summed E-state index contributed by atoms with van der Waals surface area (Å²) in [5.74, 6) is 0. The minimum absolute atomic E-state index is 0.0293. The molecule has 4 nitrogen and oxygen atoms in total. The fourth-order valence-corrected chi connectivity index (χ4v) is 3.10. The summed E-state index contributed by atoms with van der Waals surface area (Å²) in [4.78, 5) is 0.211. The van der Waals surface area contributed by atoms with Gasteiger partial charge in [0.1, 0.15) is 0 Å². The van der Waals surface area contributed by atoms with Crippen molar-refractivity contribution in [3.63, 3.8) is 0 Å². The highest BCUT2D eigenvalue weighted by atomic mass is 79.9. The Morgan fingerprint density at radius 2 is 2.00 bits per heavy atom. The van der Waals surface area contributed by atoms with Crippen LogP contribution in [0.3, 0.4) is 0 Å². The van der Waals surface area contributed by atoms with Crippen molar-refractivity contribution >= 4 is 26.0 Å². The third-order valence-electron chi connectivity index (χ3n) is 1.75. The second kappa shape index (κ2) is 5.60. The van der Waals surface area contributed by atoms with Crippen LogP contribution in [-0.2, 0) is 10.0 Å². The summed E-state index contributed by atoms with van der Waals surface area (Å²) in [7, 11) is -3.47. The molecule has 0 fully saturated rings. The molecule has 1 aromatic carbocycles. The number of nitrogens with one attached hydrogen (secondary N) is 1. The Kier molecular flexibility index (Phi) is 4.72. The summed E-state index contributed by atoms with van der Waals surface area (Å²) < 4.78 is 26.3. The molecule has 0 radical (unpaired) electrons. The number of aliphatic hydroxyl groups is 1. The molecule has 0 bridgehead atoms.